The summed E-state index contributed by atoms with van der Waals surface area (Å²) in [5.74, 6) is -0.0134. The van der Waals surface area contributed by atoms with Crippen LogP contribution >= 0.6 is 22.9 Å². The summed E-state index contributed by atoms with van der Waals surface area (Å²) in [5.41, 5.74) is 0. The standard InChI is InChI=1S/C15H18ClFN2O2S/c1-2-18-10(9-20)7-14(15-19-5-6-22-15)21-11-3-4-13(17)12(16)8-11/h3-6,8,10,14,18,20H,2,7,9H2,1H3/t10-,14+/m0/s1. The van der Waals surface area contributed by atoms with Crippen LogP contribution in [0.1, 0.15) is 24.5 Å². The van der Waals surface area contributed by atoms with Crippen LogP contribution in [0.25, 0.3) is 0 Å². The molecule has 1 aromatic heterocycles. The Labute approximate surface area is 137 Å². The molecule has 2 atom stereocenters. The Kier molecular flexibility index (Phi) is 6.57. The summed E-state index contributed by atoms with van der Waals surface area (Å²) in [5, 5.41) is 15.3. The molecule has 0 unspecified atom stereocenters. The van der Waals surface area contributed by atoms with Crippen molar-refractivity contribution in [2.75, 3.05) is 13.2 Å². The molecule has 0 aliphatic heterocycles. The van der Waals surface area contributed by atoms with E-state index < -0.39 is 5.82 Å². The molecule has 7 heteroatoms. The minimum absolute atomic E-state index is 0.00322. The Balaban J connectivity index is 2.15. The van der Waals surface area contributed by atoms with Crippen molar-refractivity contribution >= 4 is 22.9 Å². The van der Waals surface area contributed by atoms with Gasteiger partial charge in [0.2, 0.25) is 0 Å². The molecule has 0 radical (unpaired) electrons. The first-order valence-electron chi connectivity index (χ1n) is 6.99. The number of nitrogens with zero attached hydrogens (tertiary/aromatic N) is 1. The van der Waals surface area contributed by atoms with Crippen LogP contribution in [-0.4, -0.2) is 29.3 Å². The largest absolute Gasteiger partial charge is 0.483 e. The highest BCUT2D eigenvalue weighted by molar-refractivity contribution is 7.09. The third-order valence-corrected chi connectivity index (χ3v) is 4.27. The molecule has 0 fully saturated rings. The highest BCUT2D eigenvalue weighted by atomic mass is 35.5. The monoisotopic (exact) mass is 344 g/mol. The van der Waals surface area contributed by atoms with Gasteiger partial charge in [-0.25, -0.2) is 9.37 Å². The lowest BCUT2D eigenvalue weighted by atomic mass is 10.1. The van der Waals surface area contributed by atoms with Crippen LogP contribution in [0, 0.1) is 5.82 Å². The Morgan fingerprint density at radius 3 is 2.91 bits per heavy atom. The Bertz CT molecular complexity index is 583. The zero-order chi connectivity index (χ0) is 15.9. The third-order valence-electron chi connectivity index (χ3n) is 3.11. The lowest BCUT2D eigenvalue weighted by Gasteiger charge is -2.22. The molecule has 0 amide bonds. The molecule has 0 saturated heterocycles. The van der Waals surface area contributed by atoms with Crippen LogP contribution in [0.5, 0.6) is 5.75 Å². The van der Waals surface area contributed by atoms with Gasteiger partial charge >= 0.3 is 0 Å². The van der Waals surface area contributed by atoms with Crippen molar-refractivity contribution in [2.45, 2.75) is 25.5 Å². The summed E-state index contributed by atoms with van der Waals surface area (Å²) >= 11 is 7.26. The van der Waals surface area contributed by atoms with Gasteiger partial charge in [-0.2, -0.15) is 0 Å². The number of nitrogens with one attached hydrogen (secondary N) is 1. The minimum atomic E-state index is -0.485. The molecule has 0 aliphatic carbocycles. The van der Waals surface area contributed by atoms with Crippen LogP contribution < -0.4 is 10.1 Å². The maximum Gasteiger partial charge on any atom is 0.152 e. The van der Waals surface area contributed by atoms with Gasteiger partial charge in [0, 0.05) is 30.1 Å². The molecule has 0 saturated carbocycles. The van der Waals surface area contributed by atoms with Gasteiger partial charge in [0.15, 0.2) is 6.10 Å². The molecule has 2 rings (SSSR count). The van der Waals surface area contributed by atoms with Crippen molar-refractivity contribution in [1.82, 2.24) is 10.3 Å². The Morgan fingerprint density at radius 2 is 2.32 bits per heavy atom. The molecule has 0 aliphatic rings. The third kappa shape index (κ3) is 4.64. The van der Waals surface area contributed by atoms with E-state index in [1.165, 1.54) is 29.5 Å². The van der Waals surface area contributed by atoms with Gasteiger partial charge in [-0.15, -0.1) is 11.3 Å². The van der Waals surface area contributed by atoms with Gasteiger partial charge in [0.05, 0.1) is 11.6 Å². The molecule has 1 heterocycles. The van der Waals surface area contributed by atoms with Crippen LogP contribution in [0.4, 0.5) is 4.39 Å². The highest BCUT2D eigenvalue weighted by Crippen LogP contribution is 2.29. The number of aliphatic hydroxyl groups is 1. The smallest absolute Gasteiger partial charge is 0.152 e. The number of hydrogen-bond donors (Lipinski definition) is 2. The summed E-state index contributed by atoms with van der Waals surface area (Å²) in [7, 11) is 0. The van der Waals surface area contributed by atoms with Gasteiger partial charge in [0.1, 0.15) is 16.6 Å². The Morgan fingerprint density at radius 1 is 1.50 bits per heavy atom. The number of ether oxygens (including phenoxy) is 1. The number of hydrogen-bond acceptors (Lipinski definition) is 5. The van der Waals surface area contributed by atoms with Crippen molar-refractivity contribution in [2.24, 2.45) is 0 Å². The molecule has 0 bridgehead atoms. The highest BCUT2D eigenvalue weighted by Gasteiger charge is 2.21. The van der Waals surface area contributed by atoms with Crippen molar-refractivity contribution in [3.8, 4) is 5.75 Å². The molecule has 120 valence electrons. The number of rotatable bonds is 8. The minimum Gasteiger partial charge on any atom is -0.483 e. The molecular formula is C15H18ClFN2O2S. The SMILES string of the molecule is CCN[C@H](CO)C[C@@H](Oc1ccc(F)c(Cl)c1)c1nccs1. The number of aromatic nitrogens is 1. The number of halogens is 2. The first kappa shape index (κ1) is 17.1. The average molecular weight is 345 g/mol. The van der Waals surface area contributed by atoms with Gasteiger partial charge in [0.25, 0.3) is 0 Å². The number of aliphatic hydroxyl groups excluding tert-OH is 1. The normalized spacial score (nSPS) is 13.8. The zero-order valence-electron chi connectivity index (χ0n) is 12.1. The molecule has 1 aromatic carbocycles. The predicted octanol–water partition coefficient (Wildman–Crippen LogP) is 3.42. The average Bonchev–Trinajstić information content (AvgIpc) is 3.04. The summed E-state index contributed by atoms with van der Waals surface area (Å²) in [6, 6.07) is 4.14. The fourth-order valence-corrected chi connectivity index (χ4v) is 2.93. The van der Waals surface area contributed by atoms with Crippen molar-refractivity contribution < 1.29 is 14.2 Å². The Hall–Kier alpha value is -1.21. The summed E-state index contributed by atoms with van der Waals surface area (Å²) in [6.45, 7) is 2.73. The zero-order valence-corrected chi connectivity index (χ0v) is 13.7. The second-order valence-electron chi connectivity index (χ2n) is 4.73. The first-order chi connectivity index (χ1) is 10.6. The fourth-order valence-electron chi connectivity index (χ4n) is 2.08. The molecule has 0 spiro atoms. The number of benzene rings is 1. The lowest BCUT2D eigenvalue weighted by Crippen LogP contribution is -2.34. The van der Waals surface area contributed by atoms with E-state index in [4.69, 9.17) is 16.3 Å². The van der Waals surface area contributed by atoms with E-state index in [2.05, 4.69) is 10.3 Å². The van der Waals surface area contributed by atoms with Crippen LogP contribution in [-0.2, 0) is 0 Å². The molecular weight excluding hydrogens is 327 g/mol. The molecule has 4 nitrogen and oxygen atoms in total. The number of likely N-dealkylation sites (N-methyl/N-ethyl adjacent to an activating group) is 1. The first-order valence-corrected chi connectivity index (χ1v) is 8.25. The number of thiazole rings is 1. The van der Waals surface area contributed by atoms with Crippen molar-refractivity contribution in [3.63, 3.8) is 0 Å². The van der Waals surface area contributed by atoms with E-state index in [9.17, 15) is 9.50 Å². The van der Waals surface area contributed by atoms with Crippen LogP contribution in [0.3, 0.4) is 0 Å². The second kappa shape index (κ2) is 8.43. The van der Waals surface area contributed by atoms with Gasteiger partial charge in [-0.3, -0.25) is 0 Å². The van der Waals surface area contributed by atoms with Gasteiger partial charge in [-0.05, 0) is 18.7 Å². The van der Waals surface area contributed by atoms with E-state index in [1.54, 1.807) is 6.20 Å². The van der Waals surface area contributed by atoms with E-state index in [-0.39, 0.29) is 23.8 Å². The van der Waals surface area contributed by atoms with Crippen molar-refractivity contribution in [3.05, 3.63) is 45.6 Å². The topological polar surface area (TPSA) is 54.4 Å². The van der Waals surface area contributed by atoms with E-state index in [0.717, 1.165) is 11.6 Å². The van der Waals surface area contributed by atoms with Gasteiger partial charge in [-0.1, -0.05) is 18.5 Å². The lowest BCUT2D eigenvalue weighted by molar-refractivity contribution is 0.149. The molecule has 22 heavy (non-hydrogen) atoms. The maximum absolute atomic E-state index is 13.2. The maximum atomic E-state index is 13.2. The summed E-state index contributed by atoms with van der Waals surface area (Å²) in [6.07, 6.45) is 1.92. The predicted molar refractivity (Wildman–Crippen MR) is 86.1 cm³/mol. The van der Waals surface area contributed by atoms with Crippen molar-refractivity contribution in [1.29, 1.82) is 0 Å². The van der Waals surface area contributed by atoms with E-state index in [1.807, 2.05) is 12.3 Å². The quantitative estimate of drug-likeness (QED) is 0.770. The van der Waals surface area contributed by atoms with E-state index >= 15 is 0 Å². The fraction of sp³-hybridized carbons (Fsp3) is 0.400. The summed E-state index contributed by atoms with van der Waals surface area (Å²) in [4.78, 5) is 4.28. The van der Waals surface area contributed by atoms with E-state index in [0.29, 0.717) is 12.2 Å². The second-order valence-corrected chi connectivity index (χ2v) is 6.06. The van der Waals surface area contributed by atoms with Crippen LogP contribution in [0.15, 0.2) is 29.8 Å². The molecule has 2 aromatic rings. The van der Waals surface area contributed by atoms with Crippen LogP contribution in [0.2, 0.25) is 5.02 Å². The molecule has 2 N–H and O–H groups in total. The van der Waals surface area contributed by atoms with Gasteiger partial charge < -0.3 is 15.2 Å². The summed E-state index contributed by atoms with van der Waals surface area (Å²) < 4.78 is 19.2.